The highest BCUT2D eigenvalue weighted by Gasteiger charge is 2.12. The van der Waals surface area contributed by atoms with Crippen molar-refractivity contribution in [1.82, 2.24) is 4.98 Å². The van der Waals surface area contributed by atoms with Crippen molar-refractivity contribution >= 4 is 33.2 Å². The van der Waals surface area contributed by atoms with Crippen LogP contribution >= 0.6 is 0 Å². The molecule has 4 heteroatoms. The summed E-state index contributed by atoms with van der Waals surface area (Å²) in [5.41, 5.74) is 4.19. The summed E-state index contributed by atoms with van der Waals surface area (Å²) in [7, 11) is 8.15. The lowest BCUT2D eigenvalue weighted by atomic mass is 10.1. The highest BCUT2D eigenvalue weighted by Crippen LogP contribution is 2.35. The minimum absolute atomic E-state index is 0.638. The number of hydrogen-bond acceptors (Lipinski definition) is 4. The van der Waals surface area contributed by atoms with Crippen molar-refractivity contribution in [3.63, 3.8) is 0 Å². The number of pyridine rings is 1. The molecule has 0 N–H and O–H groups in total. The van der Waals surface area contributed by atoms with Crippen LogP contribution in [0, 0.1) is 0 Å². The SMILES string of the molecule is CCOc1c2ccc(N(C)C)cc2nc2cc(N(C)C)ccc12. The zero-order valence-corrected chi connectivity index (χ0v) is 14.4. The smallest absolute Gasteiger partial charge is 0.138 e. The van der Waals surface area contributed by atoms with Crippen molar-refractivity contribution in [3.05, 3.63) is 36.4 Å². The lowest BCUT2D eigenvalue weighted by Crippen LogP contribution is -2.09. The molecular weight excluding hydrogens is 286 g/mol. The molecule has 0 bridgehead atoms. The van der Waals surface area contributed by atoms with Crippen LogP contribution in [0.2, 0.25) is 0 Å². The molecule has 120 valence electrons. The van der Waals surface area contributed by atoms with Gasteiger partial charge in [-0.3, -0.25) is 0 Å². The Labute approximate surface area is 137 Å². The third-order valence-corrected chi connectivity index (χ3v) is 4.01. The Morgan fingerprint density at radius 2 is 1.30 bits per heavy atom. The number of rotatable bonds is 4. The minimum atomic E-state index is 0.638. The molecule has 3 rings (SSSR count). The van der Waals surface area contributed by atoms with Crippen molar-refractivity contribution < 1.29 is 4.74 Å². The maximum Gasteiger partial charge on any atom is 0.138 e. The van der Waals surface area contributed by atoms with Crippen LogP contribution in [-0.2, 0) is 0 Å². The maximum absolute atomic E-state index is 5.97. The van der Waals surface area contributed by atoms with Crippen LogP contribution in [0.5, 0.6) is 5.75 Å². The van der Waals surface area contributed by atoms with Crippen LogP contribution in [0.3, 0.4) is 0 Å². The van der Waals surface area contributed by atoms with Gasteiger partial charge in [0.15, 0.2) is 0 Å². The normalized spacial score (nSPS) is 11.0. The van der Waals surface area contributed by atoms with Crippen molar-refractivity contribution in [2.75, 3.05) is 44.6 Å². The Morgan fingerprint density at radius 1 is 0.826 bits per heavy atom. The monoisotopic (exact) mass is 309 g/mol. The van der Waals surface area contributed by atoms with Gasteiger partial charge in [0.1, 0.15) is 5.75 Å². The van der Waals surface area contributed by atoms with Gasteiger partial charge in [-0.25, -0.2) is 4.98 Å². The van der Waals surface area contributed by atoms with Gasteiger partial charge in [0.05, 0.1) is 17.6 Å². The Hall–Kier alpha value is -2.49. The molecule has 1 heterocycles. The number of ether oxygens (including phenoxy) is 1. The first-order chi connectivity index (χ1) is 11.0. The van der Waals surface area contributed by atoms with Crippen LogP contribution in [-0.4, -0.2) is 39.8 Å². The summed E-state index contributed by atoms with van der Waals surface area (Å²) in [5, 5.41) is 2.12. The molecule has 0 amide bonds. The predicted octanol–water partition coefficient (Wildman–Crippen LogP) is 3.92. The molecular formula is C19H23N3O. The van der Waals surface area contributed by atoms with Crippen LogP contribution in [0.1, 0.15) is 6.92 Å². The fourth-order valence-corrected chi connectivity index (χ4v) is 2.74. The van der Waals surface area contributed by atoms with E-state index in [0.717, 1.165) is 38.9 Å². The first-order valence-corrected chi connectivity index (χ1v) is 7.86. The summed E-state index contributed by atoms with van der Waals surface area (Å²) in [6.45, 7) is 2.65. The molecule has 0 aliphatic heterocycles. The summed E-state index contributed by atoms with van der Waals surface area (Å²) in [4.78, 5) is 9.04. The maximum atomic E-state index is 5.97. The van der Waals surface area contributed by atoms with E-state index in [1.807, 2.05) is 35.1 Å². The lowest BCUT2D eigenvalue weighted by Gasteiger charge is -2.17. The molecule has 4 nitrogen and oxygen atoms in total. The van der Waals surface area contributed by atoms with Gasteiger partial charge in [0.2, 0.25) is 0 Å². The average Bonchev–Trinajstić information content (AvgIpc) is 2.53. The van der Waals surface area contributed by atoms with E-state index in [0.29, 0.717) is 6.61 Å². The van der Waals surface area contributed by atoms with Crippen molar-refractivity contribution in [2.45, 2.75) is 6.92 Å². The largest absolute Gasteiger partial charge is 0.492 e. The first-order valence-electron chi connectivity index (χ1n) is 7.86. The number of anilines is 2. The first kappa shape index (κ1) is 15.4. The molecule has 0 spiro atoms. The predicted molar refractivity (Wildman–Crippen MR) is 99.1 cm³/mol. The van der Waals surface area contributed by atoms with Crippen LogP contribution < -0.4 is 14.5 Å². The zero-order chi connectivity index (χ0) is 16.6. The molecule has 0 fully saturated rings. The second kappa shape index (κ2) is 5.95. The summed E-state index contributed by atoms with van der Waals surface area (Å²) in [6.07, 6.45) is 0. The fourth-order valence-electron chi connectivity index (χ4n) is 2.74. The number of benzene rings is 2. The molecule has 0 aliphatic rings. The summed E-state index contributed by atoms with van der Waals surface area (Å²) in [6, 6.07) is 12.6. The standard InChI is InChI=1S/C19H23N3O/c1-6-23-19-15-9-7-13(21(2)3)11-17(15)20-18-12-14(22(4)5)8-10-16(18)19/h7-12H,6H2,1-5H3. The minimum Gasteiger partial charge on any atom is -0.492 e. The van der Waals surface area contributed by atoms with Gasteiger partial charge >= 0.3 is 0 Å². The molecule has 0 saturated carbocycles. The molecule has 23 heavy (non-hydrogen) atoms. The third-order valence-electron chi connectivity index (χ3n) is 4.01. The van der Waals surface area contributed by atoms with Crippen molar-refractivity contribution in [2.24, 2.45) is 0 Å². The lowest BCUT2D eigenvalue weighted by molar-refractivity contribution is 0.348. The third kappa shape index (κ3) is 2.77. The second-order valence-electron chi connectivity index (χ2n) is 6.07. The molecule has 0 saturated heterocycles. The van der Waals surface area contributed by atoms with Crippen LogP contribution in [0.15, 0.2) is 36.4 Å². The molecule has 0 aliphatic carbocycles. The number of hydrogen-bond donors (Lipinski definition) is 0. The summed E-state index contributed by atoms with van der Waals surface area (Å²) < 4.78 is 5.97. The second-order valence-corrected chi connectivity index (χ2v) is 6.07. The van der Waals surface area contributed by atoms with Gasteiger partial charge < -0.3 is 14.5 Å². The molecule has 0 radical (unpaired) electrons. The van der Waals surface area contributed by atoms with E-state index in [9.17, 15) is 0 Å². The van der Waals surface area contributed by atoms with E-state index >= 15 is 0 Å². The van der Waals surface area contributed by atoms with Crippen molar-refractivity contribution in [3.8, 4) is 5.75 Å². The van der Waals surface area contributed by atoms with Gasteiger partial charge in [-0.1, -0.05) is 0 Å². The van der Waals surface area contributed by atoms with Gasteiger partial charge in [0.25, 0.3) is 0 Å². The van der Waals surface area contributed by atoms with Gasteiger partial charge in [0, 0.05) is 50.3 Å². The van der Waals surface area contributed by atoms with E-state index in [1.165, 1.54) is 0 Å². The fraction of sp³-hybridized carbons (Fsp3) is 0.316. The molecule has 3 aromatic rings. The van der Waals surface area contributed by atoms with Crippen LogP contribution in [0.25, 0.3) is 21.8 Å². The van der Waals surface area contributed by atoms with E-state index in [4.69, 9.17) is 9.72 Å². The van der Waals surface area contributed by atoms with E-state index in [1.54, 1.807) is 0 Å². The Morgan fingerprint density at radius 3 is 1.70 bits per heavy atom. The Bertz CT molecular complexity index is 790. The summed E-state index contributed by atoms with van der Waals surface area (Å²) >= 11 is 0. The number of fused-ring (bicyclic) bond motifs is 2. The van der Waals surface area contributed by atoms with Gasteiger partial charge in [-0.2, -0.15) is 0 Å². The molecule has 2 aromatic carbocycles. The van der Waals surface area contributed by atoms with Crippen molar-refractivity contribution in [1.29, 1.82) is 0 Å². The zero-order valence-electron chi connectivity index (χ0n) is 14.4. The number of nitrogens with zero attached hydrogens (tertiary/aromatic N) is 3. The number of aromatic nitrogens is 1. The average molecular weight is 309 g/mol. The highest BCUT2D eigenvalue weighted by molar-refractivity contribution is 6.02. The van der Waals surface area contributed by atoms with Gasteiger partial charge in [-0.05, 0) is 43.3 Å². The Balaban J connectivity index is 2.33. The highest BCUT2D eigenvalue weighted by atomic mass is 16.5. The summed E-state index contributed by atoms with van der Waals surface area (Å²) in [5.74, 6) is 0.920. The van der Waals surface area contributed by atoms with Gasteiger partial charge in [-0.15, -0.1) is 0 Å². The van der Waals surface area contributed by atoms with E-state index in [2.05, 4.69) is 46.2 Å². The van der Waals surface area contributed by atoms with E-state index in [-0.39, 0.29) is 0 Å². The van der Waals surface area contributed by atoms with E-state index < -0.39 is 0 Å². The quantitative estimate of drug-likeness (QED) is 0.683. The Kier molecular flexibility index (Phi) is 3.99. The van der Waals surface area contributed by atoms with Crippen LogP contribution in [0.4, 0.5) is 11.4 Å². The molecule has 1 aromatic heterocycles. The molecule has 0 unspecified atom stereocenters. The topological polar surface area (TPSA) is 28.6 Å². The molecule has 0 atom stereocenters.